The summed E-state index contributed by atoms with van der Waals surface area (Å²) in [4.78, 5) is 17.0. The smallest absolute Gasteiger partial charge is 0.330 e. The van der Waals surface area contributed by atoms with E-state index in [2.05, 4.69) is 10.3 Å². The molecule has 24 heavy (non-hydrogen) atoms. The topological polar surface area (TPSA) is 44.7 Å². The maximum absolute atomic E-state index is 12.8. The van der Waals surface area contributed by atoms with Gasteiger partial charge in [-0.1, -0.05) is 58.5 Å². The number of hydrogen-bond donors (Lipinski definition) is 1. The Hall–Kier alpha value is -0.890. The minimum atomic E-state index is -4.48. The maximum atomic E-state index is 12.8. The third kappa shape index (κ3) is 4.81. The number of halogens is 7. The van der Waals surface area contributed by atoms with Crippen molar-refractivity contribution < 1.29 is 18.0 Å². The quantitative estimate of drug-likeness (QED) is 0.563. The fourth-order valence-corrected chi connectivity index (χ4v) is 2.23. The van der Waals surface area contributed by atoms with E-state index in [1.54, 1.807) is 0 Å². The number of rotatable bonds is 3. The van der Waals surface area contributed by atoms with Crippen molar-refractivity contribution in [1.29, 1.82) is 0 Å². The van der Waals surface area contributed by atoms with E-state index in [1.807, 2.05) is 0 Å². The number of carbonyl (C=O) groups is 1. The van der Waals surface area contributed by atoms with Crippen molar-refractivity contribution in [2.75, 3.05) is 6.54 Å². The van der Waals surface area contributed by atoms with Crippen molar-refractivity contribution in [3.8, 4) is 0 Å². The Balaban J connectivity index is 2.24. The molecular weight excluding hydrogens is 413 g/mol. The van der Waals surface area contributed by atoms with Crippen molar-refractivity contribution in [1.82, 2.24) is 10.2 Å². The normalized spacial score (nSPS) is 18.9. The van der Waals surface area contributed by atoms with Crippen molar-refractivity contribution in [2.24, 2.45) is 4.99 Å². The molecule has 0 spiro atoms. The number of amidine groups is 1. The second-order valence-electron chi connectivity index (χ2n) is 4.87. The molecule has 1 fully saturated rings. The first-order valence-corrected chi connectivity index (χ1v) is 8.04. The second-order valence-corrected chi connectivity index (χ2v) is 7.65. The number of hydrogen-bond acceptors (Lipinski definition) is 2. The Bertz CT molecular complexity index is 661. The Kier molecular flexibility index (Phi) is 5.79. The first-order valence-electron chi connectivity index (χ1n) is 6.47. The number of alkyl halides is 7. The van der Waals surface area contributed by atoms with E-state index in [4.69, 9.17) is 46.4 Å². The molecule has 1 aromatic carbocycles. The molecule has 0 aromatic heterocycles. The van der Waals surface area contributed by atoms with Crippen molar-refractivity contribution in [3.63, 3.8) is 0 Å². The zero-order valence-corrected chi connectivity index (χ0v) is 14.8. The van der Waals surface area contributed by atoms with Crippen LogP contribution in [0.3, 0.4) is 0 Å². The highest BCUT2D eigenvalue weighted by atomic mass is 35.6. The predicted octanol–water partition coefficient (Wildman–Crippen LogP) is 4.56. The number of carbonyl (C=O) groups excluding carboxylic acids is 1. The van der Waals surface area contributed by atoms with Crippen LogP contribution in [-0.4, -0.2) is 32.6 Å². The molecule has 0 saturated carbocycles. The van der Waals surface area contributed by atoms with E-state index in [-0.39, 0.29) is 24.5 Å². The molecule has 1 saturated heterocycles. The summed E-state index contributed by atoms with van der Waals surface area (Å²) in [5.74, 6) is 0.170. The van der Waals surface area contributed by atoms with Gasteiger partial charge in [0.1, 0.15) is 5.84 Å². The van der Waals surface area contributed by atoms with Crippen LogP contribution in [0.1, 0.15) is 11.1 Å². The average Bonchev–Trinajstić information content (AvgIpc) is 2.79. The van der Waals surface area contributed by atoms with Crippen LogP contribution in [-0.2, 0) is 12.7 Å². The molecule has 4 nitrogen and oxygen atoms in total. The highest BCUT2D eigenvalue weighted by molar-refractivity contribution is 6.70. The summed E-state index contributed by atoms with van der Waals surface area (Å²) < 4.78 is 36.4. The molecule has 132 valence electrons. The largest absolute Gasteiger partial charge is 0.416 e. The van der Waals surface area contributed by atoms with Gasteiger partial charge in [-0.05, 0) is 17.7 Å². The number of urea groups is 1. The fraction of sp³-hybridized carbons (Fsp3) is 0.385. The lowest BCUT2D eigenvalue weighted by Gasteiger charge is -2.19. The van der Waals surface area contributed by atoms with Crippen LogP contribution in [0.15, 0.2) is 29.3 Å². The molecular formula is C13H10Cl4F3N3O. The summed E-state index contributed by atoms with van der Waals surface area (Å²) in [5, 5.41) is 2.49. The van der Waals surface area contributed by atoms with E-state index >= 15 is 0 Å². The second kappa shape index (κ2) is 7.15. The molecule has 1 aromatic rings. The van der Waals surface area contributed by atoms with Gasteiger partial charge in [0, 0.05) is 0 Å². The maximum Gasteiger partial charge on any atom is 0.416 e. The molecule has 2 amide bonds. The zero-order valence-electron chi connectivity index (χ0n) is 11.7. The standard InChI is InChI=1S/C13H10Cl4F3N3O/c14-10(12(15,16)17)22-9-5-21-11(24)23(9)6-7-2-1-3-8(4-7)13(18,19)20/h1-4,10H,5-6H2,(H,21,24)/b22-9-. The summed E-state index contributed by atoms with van der Waals surface area (Å²) in [6.45, 7) is -0.0974. The van der Waals surface area contributed by atoms with Gasteiger partial charge in [0.05, 0.1) is 18.7 Å². The van der Waals surface area contributed by atoms with Gasteiger partial charge >= 0.3 is 12.2 Å². The molecule has 1 N–H and O–H groups in total. The third-order valence-corrected chi connectivity index (χ3v) is 4.46. The number of amides is 2. The number of nitrogens with zero attached hydrogens (tertiary/aromatic N) is 2. The molecule has 0 aliphatic carbocycles. The van der Waals surface area contributed by atoms with Crippen LogP contribution in [0, 0.1) is 0 Å². The van der Waals surface area contributed by atoms with Crippen LogP contribution in [0.4, 0.5) is 18.0 Å². The summed E-state index contributed by atoms with van der Waals surface area (Å²) in [5.41, 5.74) is -1.79. The minimum Gasteiger partial charge on any atom is -0.330 e. The van der Waals surface area contributed by atoms with Crippen LogP contribution in [0.5, 0.6) is 0 Å². The number of benzene rings is 1. The molecule has 1 atom stereocenters. The zero-order chi connectivity index (χ0) is 18.1. The van der Waals surface area contributed by atoms with E-state index in [0.29, 0.717) is 0 Å². The summed E-state index contributed by atoms with van der Waals surface area (Å²) in [7, 11) is 0. The van der Waals surface area contributed by atoms with Gasteiger partial charge in [-0.15, -0.1) is 0 Å². The highest BCUT2D eigenvalue weighted by Crippen LogP contribution is 2.35. The Morgan fingerprint density at radius 2 is 1.96 bits per heavy atom. The lowest BCUT2D eigenvalue weighted by molar-refractivity contribution is -0.137. The van der Waals surface area contributed by atoms with Gasteiger partial charge < -0.3 is 5.32 Å². The van der Waals surface area contributed by atoms with E-state index in [1.165, 1.54) is 12.1 Å². The summed E-state index contributed by atoms with van der Waals surface area (Å²) in [6.07, 6.45) is -4.48. The molecule has 1 aliphatic heterocycles. The van der Waals surface area contributed by atoms with Gasteiger partial charge in [0.15, 0.2) is 5.50 Å². The molecule has 0 bridgehead atoms. The van der Waals surface area contributed by atoms with Gasteiger partial charge in [-0.2, -0.15) is 13.2 Å². The SMILES string of the molecule is O=C1NC/C(=N/C(Cl)C(Cl)(Cl)Cl)N1Cc1cccc(C(F)(F)F)c1. The predicted molar refractivity (Wildman–Crippen MR) is 87.8 cm³/mol. The van der Waals surface area contributed by atoms with E-state index < -0.39 is 27.1 Å². The van der Waals surface area contributed by atoms with E-state index in [9.17, 15) is 18.0 Å². The molecule has 1 aliphatic rings. The fourth-order valence-electron chi connectivity index (χ4n) is 1.97. The van der Waals surface area contributed by atoms with Gasteiger partial charge in [0.25, 0.3) is 0 Å². The Morgan fingerprint density at radius 1 is 1.29 bits per heavy atom. The number of aliphatic imine (C=N–C) groups is 1. The van der Waals surface area contributed by atoms with Gasteiger partial charge in [-0.25, -0.2) is 9.79 Å². The van der Waals surface area contributed by atoms with Crippen molar-refractivity contribution in [3.05, 3.63) is 35.4 Å². The average molecular weight is 423 g/mol. The molecule has 11 heteroatoms. The Labute approximate surface area is 155 Å². The van der Waals surface area contributed by atoms with Crippen LogP contribution in [0.2, 0.25) is 0 Å². The van der Waals surface area contributed by atoms with Crippen LogP contribution >= 0.6 is 46.4 Å². The van der Waals surface area contributed by atoms with Crippen LogP contribution < -0.4 is 5.32 Å². The third-order valence-electron chi connectivity index (χ3n) is 3.08. The molecule has 1 unspecified atom stereocenters. The lowest BCUT2D eigenvalue weighted by atomic mass is 10.1. The van der Waals surface area contributed by atoms with Gasteiger partial charge in [-0.3, -0.25) is 4.90 Å². The van der Waals surface area contributed by atoms with Crippen molar-refractivity contribution >= 4 is 58.3 Å². The Morgan fingerprint density at radius 3 is 2.54 bits per heavy atom. The molecule has 0 radical (unpaired) electrons. The summed E-state index contributed by atoms with van der Waals surface area (Å²) >= 11 is 22.7. The number of nitrogens with one attached hydrogen (secondary N) is 1. The first kappa shape index (κ1) is 19.4. The summed E-state index contributed by atoms with van der Waals surface area (Å²) in [6, 6.07) is 4.09. The van der Waals surface area contributed by atoms with Crippen molar-refractivity contribution in [2.45, 2.75) is 22.0 Å². The van der Waals surface area contributed by atoms with E-state index in [0.717, 1.165) is 17.0 Å². The first-order chi connectivity index (χ1) is 11.0. The molecule has 2 rings (SSSR count). The monoisotopic (exact) mass is 421 g/mol. The van der Waals surface area contributed by atoms with Crippen LogP contribution in [0.25, 0.3) is 0 Å². The molecule has 1 heterocycles. The highest BCUT2D eigenvalue weighted by Gasteiger charge is 2.35. The minimum absolute atomic E-state index is 0.0295. The lowest BCUT2D eigenvalue weighted by Crippen LogP contribution is -2.32. The van der Waals surface area contributed by atoms with Gasteiger partial charge in [0.2, 0.25) is 3.79 Å².